The zero-order valence-corrected chi connectivity index (χ0v) is 15.5. The van der Waals surface area contributed by atoms with Gasteiger partial charge in [-0.15, -0.1) is 0 Å². The maximum absolute atomic E-state index is 12.8. The highest BCUT2D eigenvalue weighted by Gasteiger charge is 2.28. The highest BCUT2D eigenvalue weighted by molar-refractivity contribution is 5.98. The Morgan fingerprint density at radius 3 is 2.56 bits per heavy atom. The Kier molecular flexibility index (Phi) is 5.34. The third-order valence-corrected chi connectivity index (χ3v) is 5.55. The first kappa shape index (κ1) is 17.9. The highest BCUT2D eigenvalue weighted by atomic mass is 16.3. The number of aliphatic hydroxyl groups excluding tert-OH is 1. The molecule has 2 saturated heterocycles. The van der Waals surface area contributed by atoms with Crippen LogP contribution < -0.4 is 9.80 Å². The summed E-state index contributed by atoms with van der Waals surface area (Å²) in [7, 11) is 0. The summed E-state index contributed by atoms with van der Waals surface area (Å²) in [6, 6.07) is 11.5. The second-order valence-corrected chi connectivity index (χ2v) is 7.45. The quantitative estimate of drug-likeness (QED) is 0.839. The Balaban J connectivity index is 1.47. The summed E-state index contributed by atoms with van der Waals surface area (Å²) in [6.07, 6.45) is 5.02. The molecule has 3 heterocycles. The van der Waals surface area contributed by atoms with Crippen molar-refractivity contribution in [2.45, 2.75) is 31.8 Å². The third-order valence-electron chi connectivity index (χ3n) is 5.55. The van der Waals surface area contributed by atoms with Crippen LogP contribution >= 0.6 is 0 Å². The van der Waals surface area contributed by atoms with Crippen LogP contribution in [0.15, 0.2) is 42.6 Å². The molecule has 1 aromatic carbocycles. The molecule has 0 aliphatic carbocycles. The zero-order valence-electron chi connectivity index (χ0n) is 15.5. The van der Waals surface area contributed by atoms with Gasteiger partial charge in [0.25, 0.3) is 0 Å². The molecular formula is C21H26N4O2. The number of hydrogen-bond donors (Lipinski definition) is 1. The first-order valence-corrected chi connectivity index (χ1v) is 9.81. The molecule has 0 unspecified atom stereocenters. The predicted octanol–water partition coefficient (Wildman–Crippen LogP) is 2.54. The summed E-state index contributed by atoms with van der Waals surface area (Å²) < 4.78 is 0. The van der Waals surface area contributed by atoms with Crippen molar-refractivity contribution in [1.82, 2.24) is 9.97 Å². The van der Waals surface area contributed by atoms with Crippen LogP contribution in [0.4, 0.5) is 11.8 Å². The van der Waals surface area contributed by atoms with Crippen molar-refractivity contribution in [3.63, 3.8) is 0 Å². The minimum Gasteiger partial charge on any atom is -0.393 e. The van der Waals surface area contributed by atoms with E-state index in [4.69, 9.17) is 4.98 Å². The number of aliphatic hydroxyl groups is 1. The lowest BCUT2D eigenvalue weighted by Crippen LogP contribution is -2.40. The van der Waals surface area contributed by atoms with Gasteiger partial charge in [-0.05, 0) is 31.7 Å². The molecule has 1 atom stereocenters. The van der Waals surface area contributed by atoms with Crippen molar-refractivity contribution in [2.75, 3.05) is 36.0 Å². The Hall–Kier alpha value is -2.47. The summed E-state index contributed by atoms with van der Waals surface area (Å²) >= 11 is 0. The van der Waals surface area contributed by atoms with Gasteiger partial charge in [-0.25, -0.2) is 4.98 Å². The molecule has 142 valence electrons. The number of piperidine rings is 2. The van der Waals surface area contributed by atoms with Gasteiger partial charge in [0, 0.05) is 43.9 Å². The summed E-state index contributed by atoms with van der Waals surface area (Å²) in [6.45, 7) is 3.16. The van der Waals surface area contributed by atoms with E-state index in [-0.39, 0.29) is 17.8 Å². The molecule has 0 bridgehead atoms. The average molecular weight is 366 g/mol. The highest BCUT2D eigenvalue weighted by Crippen LogP contribution is 2.25. The second kappa shape index (κ2) is 8.05. The van der Waals surface area contributed by atoms with E-state index in [1.165, 1.54) is 0 Å². The van der Waals surface area contributed by atoms with Gasteiger partial charge in [-0.3, -0.25) is 4.79 Å². The molecule has 0 spiro atoms. The fourth-order valence-electron chi connectivity index (χ4n) is 3.97. The van der Waals surface area contributed by atoms with Gasteiger partial charge in [0.1, 0.15) is 5.82 Å². The van der Waals surface area contributed by atoms with Crippen LogP contribution in [0.5, 0.6) is 0 Å². The van der Waals surface area contributed by atoms with Crippen LogP contribution in [0.1, 0.15) is 36.0 Å². The van der Waals surface area contributed by atoms with E-state index >= 15 is 0 Å². The van der Waals surface area contributed by atoms with Gasteiger partial charge in [-0.2, -0.15) is 4.98 Å². The van der Waals surface area contributed by atoms with E-state index < -0.39 is 0 Å². The predicted molar refractivity (Wildman–Crippen MR) is 105 cm³/mol. The van der Waals surface area contributed by atoms with Crippen LogP contribution in [-0.4, -0.2) is 53.1 Å². The minimum absolute atomic E-state index is 0.0152. The van der Waals surface area contributed by atoms with E-state index in [2.05, 4.69) is 14.8 Å². The number of aromatic nitrogens is 2. The number of carbonyl (C=O) groups excluding carboxylic acids is 1. The van der Waals surface area contributed by atoms with Crippen LogP contribution in [0, 0.1) is 5.92 Å². The van der Waals surface area contributed by atoms with E-state index in [1.54, 1.807) is 6.20 Å². The standard InChI is InChI=1S/C21H26N4O2/c26-18-9-13-24(14-10-18)19-8-11-22-21(23-19)25-12-4-7-17(15-25)20(27)16-5-2-1-3-6-16/h1-3,5-6,8,11,17-18,26H,4,7,9-10,12-15H2/t17-/m1/s1. The molecule has 0 amide bonds. The first-order valence-electron chi connectivity index (χ1n) is 9.81. The number of ketones is 1. The summed E-state index contributed by atoms with van der Waals surface area (Å²) in [4.78, 5) is 26.4. The largest absolute Gasteiger partial charge is 0.393 e. The van der Waals surface area contributed by atoms with Crippen molar-refractivity contribution < 1.29 is 9.90 Å². The summed E-state index contributed by atoms with van der Waals surface area (Å²) in [5.74, 6) is 1.80. The molecular weight excluding hydrogens is 340 g/mol. The Morgan fingerprint density at radius 2 is 1.78 bits per heavy atom. The summed E-state index contributed by atoms with van der Waals surface area (Å²) in [5, 5.41) is 9.71. The molecule has 0 saturated carbocycles. The summed E-state index contributed by atoms with van der Waals surface area (Å²) in [5.41, 5.74) is 0.783. The normalized spacial score (nSPS) is 21.3. The molecule has 1 N–H and O–H groups in total. The van der Waals surface area contributed by atoms with Crippen molar-refractivity contribution >= 4 is 17.5 Å². The maximum Gasteiger partial charge on any atom is 0.227 e. The topological polar surface area (TPSA) is 69.6 Å². The van der Waals surface area contributed by atoms with Crippen LogP contribution in [0.3, 0.4) is 0 Å². The van der Waals surface area contributed by atoms with E-state index in [0.29, 0.717) is 12.5 Å². The van der Waals surface area contributed by atoms with E-state index in [0.717, 1.165) is 56.7 Å². The van der Waals surface area contributed by atoms with Crippen molar-refractivity contribution in [2.24, 2.45) is 5.92 Å². The Bertz CT molecular complexity index is 775. The van der Waals surface area contributed by atoms with Crippen molar-refractivity contribution in [3.05, 3.63) is 48.2 Å². The van der Waals surface area contributed by atoms with E-state index in [1.807, 2.05) is 36.4 Å². The zero-order chi connectivity index (χ0) is 18.6. The fraction of sp³-hybridized carbons (Fsp3) is 0.476. The molecule has 27 heavy (non-hydrogen) atoms. The average Bonchev–Trinajstić information content (AvgIpc) is 2.74. The fourth-order valence-corrected chi connectivity index (χ4v) is 3.97. The lowest BCUT2D eigenvalue weighted by molar-refractivity contribution is 0.0907. The molecule has 0 radical (unpaired) electrons. The van der Waals surface area contributed by atoms with Crippen LogP contribution in [0.2, 0.25) is 0 Å². The molecule has 2 aliphatic heterocycles. The number of rotatable bonds is 4. The number of carbonyl (C=O) groups is 1. The number of nitrogens with zero attached hydrogens (tertiary/aromatic N) is 4. The molecule has 2 fully saturated rings. The number of anilines is 2. The van der Waals surface area contributed by atoms with Gasteiger partial charge >= 0.3 is 0 Å². The number of benzene rings is 1. The SMILES string of the molecule is O=C(c1ccccc1)[C@@H]1CCCN(c2nccc(N3CCC(O)CC3)n2)C1. The Labute approximate surface area is 159 Å². The Morgan fingerprint density at radius 1 is 1.00 bits per heavy atom. The van der Waals surface area contributed by atoms with Crippen LogP contribution in [-0.2, 0) is 0 Å². The lowest BCUT2D eigenvalue weighted by atomic mass is 9.90. The third kappa shape index (κ3) is 4.11. The van der Waals surface area contributed by atoms with Gasteiger partial charge < -0.3 is 14.9 Å². The lowest BCUT2D eigenvalue weighted by Gasteiger charge is -2.34. The number of hydrogen-bond acceptors (Lipinski definition) is 6. The minimum atomic E-state index is -0.200. The second-order valence-electron chi connectivity index (χ2n) is 7.45. The van der Waals surface area contributed by atoms with Crippen LogP contribution in [0.25, 0.3) is 0 Å². The molecule has 2 aliphatic rings. The van der Waals surface area contributed by atoms with Gasteiger partial charge in [0.15, 0.2) is 5.78 Å². The molecule has 6 nitrogen and oxygen atoms in total. The maximum atomic E-state index is 12.8. The van der Waals surface area contributed by atoms with Gasteiger partial charge in [-0.1, -0.05) is 30.3 Å². The van der Waals surface area contributed by atoms with E-state index in [9.17, 15) is 9.90 Å². The molecule has 6 heteroatoms. The number of Topliss-reactive ketones (excluding diaryl/α,β-unsaturated/α-hetero) is 1. The molecule has 1 aromatic heterocycles. The van der Waals surface area contributed by atoms with Crippen molar-refractivity contribution in [1.29, 1.82) is 0 Å². The smallest absolute Gasteiger partial charge is 0.227 e. The molecule has 4 rings (SSSR count). The first-order chi connectivity index (χ1) is 13.2. The van der Waals surface area contributed by atoms with Gasteiger partial charge in [0.2, 0.25) is 5.95 Å². The van der Waals surface area contributed by atoms with Gasteiger partial charge in [0.05, 0.1) is 6.10 Å². The molecule has 2 aromatic rings. The van der Waals surface area contributed by atoms with Crippen molar-refractivity contribution in [3.8, 4) is 0 Å². The monoisotopic (exact) mass is 366 g/mol.